The summed E-state index contributed by atoms with van der Waals surface area (Å²) in [7, 11) is 0. The molecule has 0 heterocycles. The third kappa shape index (κ3) is 5.96. The van der Waals surface area contributed by atoms with Crippen molar-refractivity contribution < 1.29 is 73.9 Å². The maximum Gasteiger partial charge on any atom is 1.00 e. The van der Waals surface area contributed by atoms with E-state index in [4.69, 9.17) is 4.74 Å². The van der Waals surface area contributed by atoms with Crippen molar-refractivity contribution in [2.45, 2.75) is 33.3 Å². The standard InChI is InChI=1S/C12H14BF3IO2.K/c1-7-9(11(18)19-12(2,3)4)5-8(6-10(7)17)13(14,15)16;/h5-6H,1-4H3;/q-1;+1. The summed E-state index contributed by atoms with van der Waals surface area (Å²) in [5.74, 6) is -0.732. The Morgan fingerprint density at radius 3 is 2.15 bits per heavy atom. The number of hydrogen-bond donors (Lipinski definition) is 0. The molecule has 2 nitrogen and oxygen atoms in total. The molecule has 0 N–H and O–H groups in total. The molecule has 0 aliphatic rings. The number of carbonyl (C=O) groups excluding carboxylic acids is 1. The largest absolute Gasteiger partial charge is 1.00 e. The fourth-order valence-electron chi connectivity index (χ4n) is 1.43. The van der Waals surface area contributed by atoms with Crippen molar-refractivity contribution in [3.8, 4) is 0 Å². The van der Waals surface area contributed by atoms with E-state index in [9.17, 15) is 17.7 Å². The Bertz CT molecular complexity index is 513. The van der Waals surface area contributed by atoms with E-state index in [1.54, 1.807) is 50.3 Å². The van der Waals surface area contributed by atoms with E-state index in [1.165, 1.54) is 0 Å². The van der Waals surface area contributed by atoms with Gasteiger partial charge in [0.2, 0.25) is 0 Å². The second-order valence-electron chi connectivity index (χ2n) is 5.25. The molecule has 0 amide bonds. The molecule has 8 heteroatoms. The molecule has 1 aromatic rings. The summed E-state index contributed by atoms with van der Waals surface area (Å²) in [5.41, 5.74) is -1.06. The molecule has 0 saturated carbocycles. The minimum atomic E-state index is -5.14. The summed E-state index contributed by atoms with van der Waals surface area (Å²) in [4.78, 5) is 11.9. The van der Waals surface area contributed by atoms with Crippen molar-refractivity contribution in [2.75, 3.05) is 0 Å². The molecule has 0 aromatic heterocycles. The molecule has 1 rings (SSSR count). The SMILES string of the molecule is Cc1c(I)cc([B-](F)(F)F)cc1C(=O)OC(C)(C)C.[K+]. The van der Waals surface area contributed by atoms with Crippen LogP contribution in [0.25, 0.3) is 0 Å². The van der Waals surface area contributed by atoms with Crippen LogP contribution in [0.4, 0.5) is 12.9 Å². The van der Waals surface area contributed by atoms with Gasteiger partial charge >= 0.3 is 64.3 Å². The zero-order chi connectivity index (χ0) is 15.0. The van der Waals surface area contributed by atoms with E-state index in [0.29, 0.717) is 9.13 Å². The summed E-state index contributed by atoms with van der Waals surface area (Å²) in [5, 5.41) is 0. The summed E-state index contributed by atoms with van der Waals surface area (Å²) >= 11 is 1.79. The van der Waals surface area contributed by atoms with E-state index >= 15 is 0 Å². The molecular formula is C12H14BF3IKO2. The molecule has 0 saturated heterocycles. The Balaban J connectivity index is 0.00000361. The van der Waals surface area contributed by atoms with Crippen LogP contribution in [0.1, 0.15) is 36.7 Å². The predicted octanol–water partition coefficient (Wildman–Crippen LogP) is 0.613. The number of hydrogen-bond acceptors (Lipinski definition) is 2. The zero-order valence-electron chi connectivity index (χ0n) is 12.1. The smallest absolute Gasteiger partial charge is 0.456 e. The molecule has 0 bridgehead atoms. The van der Waals surface area contributed by atoms with Crippen molar-refractivity contribution in [1.82, 2.24) is 0 Å². The number of rotatable bonds is 2. The summed E-state index contributed by atoms with van der Waals surface area (Å²) < 4.78 is 43.9. The number of ether oxygens (including phenoxy) is 1. The van der Waals surface area contributed by atoms with Crippen LogP contribution in [0.5, 0.6) is 0 Å². The van der Waals surface area contributed by atoms with Gasteiger partial charge in [-0.3, -0.25) is 0 Å². The van der Waals surface area contributed by atoms with Gasteiger partial charge in [-0.2, -0.15) is 0 Å². The molecule has 1 aromatic carbocycles. The van der Waals surface area contributed by atoms with E-state index in [0.717, 1.165) is 12.1 Å². The molecule has 0 aliphatic carbocycles. The van der Waals surface area contributed by atoms with Crippen molar-refractivity contribution in [2.24, 2.45) is 0 Å². The quantitative estimate of drug-likeness (QED) is 0.396. The molecule has 0 spiro atoms. The molecular weight excluding hydrogens is 410 g/mol. The molecule has 0 fully saturated rings. The van der Waals surface area contributed by atoms with Gasteiger partial charge in [0.1, 0.15) is 5.60 Å². The second kappa shape index (κ2) is 7.45. The first-order chi connectivity index (χ1) is 8.42. The average Bonchev–Trinajstić information content (AvgIpc) is 2.17. The summed E-state index contributed by atoms with van der Waals surface area (Å²) in [6, 6.07) is 1.91. The number of esters is 1. The number of halogens is 4. The Morgan fingerprint density at radius 2 is 1.75 bits per heavy atom. The van der Waals surface area contributed by atoms with Crippen molar-refractivity contribution >= 4 is 41.0 Å². The van der Waals surface area contributed by atoms with Gasteiger partial charge in [0.15, 0.2) is 0 Å². The molecule has 106 valence electrons. The first kappa shape index (κ1) is 20.9. The van der Waals surface area contributed by atoms with Crippen LogP contribution in [0.2, 0.25) is 0 Å². The normalized spacial score (nSPS) is 11.8. The van der Waals surface area contributed by atoms with Crippen molar-refractivity contribution in [3.63, 3.8) is 0 Å². The fraction of sp³-hybridized carbons (Fsp3) is 0.417. The van der Waals surface area contributed by atoms with Gasteiger partial charge in [-0.25, -0.2) is 4.79 Å². The second-order valence-corrected chi connectivity index (χ2v) is 6.41. The van der Waals surface area contributed by atoms with Crippen LogP contribution in [0.3, 0.4) is 0 Å². The van der Waals surface area contributed by atoms with E-state index in [-0.39, 0.29) is 56.9 Å². The first-order valence-corrected chi connectivity index (χ1v) is 6.73. The fourth-order valence-corrected chi connectivity index (χ4v) is 2.08. The van der Waals surface area contributed by atoms with Crippen molar-refractivity contribution in [3.05, 3.63) is 26.8 Å². The first-order valence-electron chi connectivity index (χ1n) is 5.65. The third-order valence-corrected chi connectivity index (χ3v) is 3.48. The number of carbonyl (C=O) groups is 1. The summed E-state index contributed by atoms with van der Waals surface area (Å²) in [6.45, 7) is 1.48. The molecule has 0 unspecified atom stereocenters. The van der Waals surface area contributed by atoms with Crippen LogP contribution >= 0.6 is 22.6 Å². The van der Waals surface area contributed by atoms with Gasteiger partial charge in [0, 0.05) is 3.57 Å². The monoisotopic (exact) mass is 424 g/mol. The zero-order valence-corrected chi connectivity index (χ0v) is 17.3. The molecule has 0 radical (unpaired) electrons. The van der Waals surface area contributed by atoms with Crippen LogP contribution in [-0.2, 0) is 4.74 Å². The molecule has 20 heavy (non-hydrogen) atoms. The number of benzene rings is 1. The Hall–Kier alpha value is 0.911. The van der Waals surface area contributed by atoms with Gasteiger partial charge in [-0.15, -0.1) is 5.46 Å². The van der Waals surface area contributed by atoms with Crippen LogP contribution in [-0.4, -0.2) is 18.5 Å². The Kier molecular flexibility index (Phi) is 7.79. The van der Waals surface area contributed by atoms with Gasteiger partial charge in [-0.1, -0.05) is 12.1 Å². The van der Waals surface area contributed by atoms with Gasteiger partial charge < -0.3 is 17.7 Å². The molecule has 0 atom stereocenters. The van der Waals surface area contributed by atoms with E-state index < -0.39 is 24.0 Å². The topological polar surface area (TPSA) is 26.3 Å². The van der Waals surface area contributed by atoms with Gasteiger partial charge in [0.05, 0.1) is 5.56 Å². The van der Waals surface area contributed by atoms with Crippen LogP contribution in [0.15, 0.2) is 12.1 Å². The minimum absolute atomic E-state index is 0. The van der Waals surface area contributed by atoms with Gasteiger partial charge in [0.25, 0.3) is 0 Å². The Labute approximate surface area is 172 Å². The Morgan fingerprint density at radius 1 is 1.25 bits per heavy atom. The molecule has 0 aliphatic heterocycles. The van der Waals surface area contributed by atoms with Gasteiger partial charge in [-0.05, 0) is 55.8 Å². The third-order valence-electron chi connectivity index (χ3n) is 2.36. The van der Waals surface area contributed by atoms with E-state index in [2.05, 4.69) is 0 Å². The summed E-state index contributed by atoms with van der Waals surface area (Å²) in [6.07, 6.45) is 0. The maximum absolute atomic E-state index is 12.8. The minimum Gasteiger partial charge on any atom is -0.456 e. The average molecular weight is 424 g/mol. The van der Waals surface area contributed by atoms with Crippen LogP contribution in [0, 0.1) is 10.5 Å². The van der Waals surface area contributed by atoms with Crippen molar-refractivity contribution in [1.29, 1.82) is 0 Å². The predicted molar refractivity (Wildman–Crippen MR) is 77.8 cm³/mol. The van der Waals surface area contributed by atoms with Crippen LogP contribution < -0.4 is 56.8 Å². The maximum atomic E-state index is 12.8. The van der Waals surface area contributed by atoms with E-state index in [1.807, 2.05) is 0 Å².